The monoisotopic (exact) mass is 353 g/mol. The molecule has 0 unspecified atom stereocenters. The Morgan fingerprint density at radius 2 is 2.08 bits per heavy atom. The molecule has 2 aliphatic rings. The zero-order valence-corrected chi connectivity index (χ0v) is 15.1. The summed E-state index contributed by atoms with van der Waals surface area (Å²) in [6, 6.07) is 5.38. The number of nitrogens with zero attached hydrogens (tertiary/aromatic N) is 4. The average Bonchev–Trinajstić information content (AvgIpc) is 3.34. The maximum atomic E-state index is 13.9. The maximum Gasteiger partial charge on any atom is 0.151 e. The first-order chi connectivity index (χ1) is 12.7. The molecule has 0 amide bonds. The average molecular weight is 353 g/mol. The van der Waals surface area contributed by atoms with Crippen LogP contribution in [0.4, 0.5) is 4.39 Å². The van der Waals surface area contributed by atoms with Gasteiger partial charge in [-0.1, -0.05) is 6.07 Å². The van der Waals surface area contributed by atoms with E-state index in [4.69, 9.17) is 4.98 Å². The highest BCUT2D eigenvalue weighted by Crippen LogP contribution is 2.34. The molecule has 1 saturated heterocycles. The molecule has 0 spiro atoms. The molecule has 1 atom stereocenters. The molecule has 2 aromatic heterocycles. The van der Waals surface area contributed by atoms with Crippen LogP contribution in [0.2, 0.25) is 0 Å². The number of fused-ring (bicyclic) bond motifs is 2. The highest BCUT2D eigenvalue weighted by Gasteiger charge is 2.32. The van der Waals surface area contributed by atoms with E-state index in [2.05, 4.69) is 26.5 Å². The Balaban J connectivity index is 1.44. The summed E-state index contributed by atoms with van der Waals surface area (Å²) in [6.07, 6.45) is 7.07. The second kappa shape index (κ2) is 6.20. The summed E-state index contributed by atoms with van der Waals surface area (Å²) in [5.41, 5.74) is 3.92. The normalized spacial score (nSPS) is 20.8. The van der Waals surface area contributed by atoms with Crippen molar-refractivity contribution in [3.05, 3.63) is 47.1 Å². The number of hydrogen-bond donors (Lipinski definition) is 1. The van der Waals surface area contributed by atoms with Crippen LogP contribution < -0.4 is 0 Å². The summed E-state index contributed by atoms with van der Waals surface area (Å²) in [7, 11) is 2.17. The van der Waals surface area contributed by atoms with Crippen LogP contribution in [-0.2, 0) is 26.4 Å². The van der Waals surface area contributed by atoms with E-state index in [1.807, 2.05) is 6.07 Å². The molecule has 3 heterocycles. The Bertz CT molecular complexity index is 957. The minimum Gasteiger partial charge on any atom is -0.341 e. The van der Waals surface area contributed by atoms with Crippen molar-refractivity contribution in [1.82, 2.24) is 24.4 Å². The molecule has 5 nitrogen and oxygen atoms in total. The first kappa shape index (κ1) is 16.0. The van der Waals surface area contributed by atoms with Crippen LogP contribution in [0.3, 0.4) is 0 Å². The zero-order valence-electron chi connectivity index (χ0n) is 15.1. The van der Waals surface area contributed by atoms with Crippen molar-refractivity contribution in [2.75, 3.05) is 6.54 Å². The Morgan fingerprint density at radius 3 is 2.92 bits per heavy atom. The van der Waals surface area contributed by atoms with Gasteiger partial charge in [-0.15, -0.1) is 0 Å². The zero-order chi connectivity index (χ0) is 17.7. The summed E-state index contributed by atoms with van der Waals surface area (Å²) < 4.78 is 16.3. The van der Waals surface area contributed by atoms with E-state index in [1.165, 1.54) is 36.1 Å². The molecule has 5 rings (SSSR count). The first-order valence-corrected chi connectivity index (χ1v) is 9.62. The van der Waals surface area contributed by atoms with Gasteiger partial charge in [-0.3, -0.25) is 4.90 Å². The number of benzene rings is 1. The van der Waals surface area contributed by atoms with Crippen LogP contribution in [-0.4, -0.2) is 31.0 Å². The Hall–Kier alpha value is -2.21. The molecule has 1 aliphatic heterocycles. The van der Waals surface area contributed by atoms with Gasteiger partial charge >= 0.3 is 0 Å². The van der Waals surface area contributed by atoms with Crippen LogP contribution in [0.25, 0.3) is 11.0 Å². The summed E-state index contributed by atoms with van der Waals surface area (Å²) >= 11 is 0. The second-order valence-corrected chi connectivity index (χ2v) is 7.58. The predicted octanol–water partition coefficient (Wildman–Crippen LogP) is 3.65. The SMILES string of the molecule is Cn1c([C@H]2CCCN2Cc2nc3c(F)cccc3[nH]2)nc2c1CCCC2. The van der Waals surface area contributed by atoms with Crippen molar-refractivity contribution in [2.45, 2.75) is 51.1 Å². The maximum absolute atomic E-state index is 13.9. The first-order valence-electron chi connectivity index (χ1n) is 9.62. The minimum absolute atomic E-state index is 0.264. The molecule has 3 aromatic rings. The number of nitrogens with one attached hydrogen (secondary N) is 1. The lowest BCUT2D eigenvalue weighted by Gasteiger charge is -2.23. The van der Waals surface area contributed by atoms with E-state index in [1.54, 1.807) is 6.07 Å². The predicted molar refractivity (Wildman–Crippen MR) is 98.3 cm³/mol. The van der Waals surface area contributed by atoms with Gasteiger partial charge in [-0.2, -0.15) is 0 Å². The van der Waals surface area contributed by atoms with Gasteiger partial charge in [0.05, 0.1) is 23.8 Å². The molecule has 6 heteroatoms. The van der Waals surface area contributed by atoms with E-state index in [-0.39, 0.29) is 5.82 Å². The molecular weight excluding hydrogens is 329 g/mol. The number of halogens is 1. The fourth-order valence-electron chi connectivity index (χ4n) is 4.63. The van der Waals surface area contributed by atoms with Gasteiger partial charge in [-0.05, 0) is 57.2 Å². The molecule has 0 radical (unpaired) electrons. The van der Waals surface area contributed by atoms with E-state index >= 15 is 0 Å². The third-order valence-electron chi connectivity index (χ3n) is 5.94. The highest BCUT2D eigenvalue weighted by atomic mass is 19.1. The molecule has 136 valence electrons. The Morgan fingerprint density at radius 1 is 1.19 bits per heavy atom. The van der Waals surface area contributed by atoms with Crippen molar-refractivity contribution in [2.24, 2.45) is 7.05 Å². The minimum atomic E-state index is -0.264. The summed E-state index contributed by atoms with van der Waals surface area (Å²) in [5, 5.41) is 0. The van der Waals surface area contributed by atoms with Gasteiger partial charge in [0.15, 0.2) is 5.82 Å². The number of H-pyrrole nitrogens is 1. The summed E-state index contributed by atoms with van der Waals surface area (Å²) in [4.78, 5) is 15.2. The number of hydrogen-bond acceptors (Lipinski definition) is 3. The number of rotatable bonds is 3. The van der Waals surface area contributed by atoms with Crippen LogP contribution in [0.5, 0.6) is 0 Å². The number of aromatic nitrogens is 4. The number of aromatic amines is 1. The molecule has 1 aromatic carbocycles. The standard InChI is InChI=1S/C20H24FN5/c1-25-16-9-3-2-7-14(16)23-20(25)17-10-5-11-26(17)12-18-22-15-8-4-6-13(21)19(15)24-18/h4,6,8,17H,2-3,5,7,9-12H2,1H3,(H,22,24)/t17-/m1/s1. The third kappa shape index (κ3) is 2.55. The fourth-order valence-corrected chi connectivity index (χ4v) is 4.63. The largest absolute Gasteiger partial charge is 0.341 e. The molecule has 1 fully saturated rings. The van der Waals surface area contributed by atoms with Gasteiger partial charge in [0.1, 0.15) is 17.2 Å². The van der Waals surface area contributed by atoms with E-state index < -0.39 is 0 Å². The Labute approximate surface area is 152 Å². The van der Waals surface area contributed by atoms with Crippen molar-refractivity contribution < 1.29 is 4.39 Å². The van der Waals surface area contributed by atoms with Crippen LogP contribution in [0.1, 0.15) is 54.8 Å². The van der Waals surface area contributed by atoms with Crippen molar-refractivity contribution in [3.63, 3.8) is 0 Å². The Kier molecular flexibility index (Phi) is 3.81. The van der Waals surface area contributed by atoms with Gasteiger partial charge in [0.2, 0.25) is 0 Å². The number of aryl methyl sites for hydroxylation is 1. The lowest BCUT2D eigenvalue weighted by atomic mass is 10.0. The summed E-state index contributed by atoms with van der Waals surface area (Å²) in [5.74, 6) is 1.76. The molecule has 0 bridgehead atoms. The van der Waals surface area contributed by atoms with Crippen molar-refractivity contribution in [3.8, 4) is 0 Å². The van der Waals surface area contributed by atoms with Crippen LogP contribution in [0.15, 0.2) is 18.2 Å². The quantitative estimate of drug-likeness (QED) is 0.782. The molecular formula is C20H24FN5. The third-order valence-corrected chi connectivity index (χ3v) is 5.94. The van der Waals surface area contributed by atoms with Crippen LogP contribution >= 0.6 is 0 Å². The smallest absolute Gasteiger partial charge is 0.151 e. The highest BCUT2D eigenvalue weighted by molar-refractivity contribution is 5.75. The number of para-hydroxylation sites is 1. The van der Waals surface area contributed by atoms with Gasteiger partial charge in [-0.25, -0.2) is 14.4 Å². The van der Waals surface area contributed by atoms with Crippen molar-refractivity contribution >= 4 is 11.0 Å². The molecule has 1 N–H and O–H groups in total. The molecule has 1 aliphatic carbocycles. The van der Waals surface area contributed by atoms with E-state index in [0.717, 1.165) is 43.6 Å². The topological polar surface area (TPSA) is 49.7 Å². The number of imidazole rings is 2. The summed E-state index contributed by atoms with van der Waals surface area (Å²) in [6.45, 7) is 1.73. The second-order valence-electron chi connectivity index (χ2n) is 7.58. The van der Waals surface area contributed by atoms with Crippen LogP contribution in [0, 0.1) is 5.82 Å². The molecule has 26 heavy (non-hydrogen) atoms. The molecule has 0 saturated carbocycles. The lowest BCUT2D eigenvalue weighted by Crippen LogP contribution is -2.25. The van der Waals surface area contributed by atoms with E-state index in [9.17, 15) is 4.39 Å². The fraction of sp³-hybridized carbons (Fsp3) is 0.500. The van der Waals surface area contributed by atoms with E-state index in [0.29, 0.717) is 18.1 Å². The van der Waals surface area contributed by atoms with Gasteiger partial charge in [0.25, 0.3) is 0 Å². The van der Waals surface area contributed by atoms with Gasteiger partial charge < -0.3 is 9.55 Å². The van der Waals surface area contributed by atoms with Gasteiger partial charge in [0, 0.05) is 12.7 Å². The number of likely N-dealkylation sites (tertiary alicyclic amines) is 1. The van der Waals surface area contributed by atoms with Crippen molar-refractivity contribution in [1.29, 1.82) is 0 Å². The lowest BCUT2D eigenvalue weighted by molar-refractivity contribution is 0.231.